The standard InChI is InChI=1S/C25H19Cl2N3O6S.Na/c1-13-21(27)11-18(37(33,34)35)12-22(13)29-30-23-19-6-4-3-5-14(19)7-20(24(23)31)25(32)28-16-8-15(26)9-17(10-16)36-2;/h3-12,31H,1-2H3,(H,28,32)(H,33,34,35);/q;+1/p-1. The van der Waals surface area contributed by atoms with Crippen molar-refractivity contribution in [2.45, 2.75) is 11.8 Å². The Labute approximate surface area is 250 Å². The van der Waals surface area contributed by atoms with Gasteiger partial charge in [-0.25, -0.2) is 0 Å². The molecule has 38 heavy (non-hydrogen) atoms. The number of methoxy groups -OCH3 is 1. The molecule has 0 aliphatic carbocycles. The third-order valence-electron chi connectivity index (χ3n) is 5.43. The molecule has 0 atom stereocenters. The summed E-state index contributed by atoms with van der Waals surface area (Å²) in [4.78, 5) is 12.6. The molecule has 0 saturated heterocycles. The SMILES string of the molecule is COc1cc(Cl)cc(NC(=O)c2cc3ccccc3c(N=Nc3cc(S(=O)(=O)O)cc(Cl)c3C)c2[O-])c1.[Na+]. The van der Waals surface area contributed by atoms with Gasteiger partial charge >= 0.3 is 29.6 Å². The van der Waals surface area contributed by atoms with Crippen LogP contribution in [0.3, 0.4) is 0 Å². The molecule has 13 heteroatoms. The van der Waals surface area contributed by atoms with Gasteiger partial charge in [0.2, 0.25) is 0 Å². The molecule has 0 spiro atoms. The Morgan fingerprint density at radius 3 is 2.45 bits per heavy atom. The third kappa shape index (κ3) is 6.47. The van der Waals surface area contributed by atoms with Gasteiger partial charge in [-0.15, -0.1) is 0 Å². The second-order valence-corrected chi connectivity index (χ2v) is 10.1. The fourth-order valence-corrected chi connectivity index (χ4v) is 4.56. The summed E-state index contributed by atoms with van der Waals surface area (Å²) >= 11 is 12.2. The number of nitrogens with zero attached hydrogens (tertiary/aromatic N) is 2. The van der Waals surface area contributed by atoms with Gasteiger partial charge in [0.05, 0.1) is 23.4 Å². The fraction of sp³-hybridized carbons (Fsp3) is 0.0800. The quantitative estimate of drug-likeness (QED) is 0.203. The van der Waals surface area contributed by atoms with Gasteiger partial charge < -0.3 is 15.2 Å². The van der Waals surface area contributed by atoms with E-state index in [4.69, 9.17) is 27.9 Å². The molecule has 4 rings (SSSR count). The van der Waals surface area contributed by atoms with Crippen LogP contribution in [0.25, 0.3) is 10.8 Å². The van der Waals surface area contributed by atoms with Crippen LogP contribution in [-0.2, 0) is 10.1 Å². The van der Waals surface area contributed by atoms with E-state index in [1.165, 1.54) is 19.2 Å². The van der Waals surface area contributed by atoms with Crippen LogP contribution in [0.4, 0.5) is 17.1 Å². The Morgan fingerprint density at radius 2 is 1.76 bits per heavy atom. The van der Waals surface area contributed by atoms with E-state index >= 15 is 0 Å². The number of hydrogen-bond donors (Lipinski definition) is 2. The largest absolute Gasteiger partial charge is 1.00 e. The number of amides is 1. The van der Waals surface area contributed by atoms with Crippen molar-refractivity contribution in [3.05, 3.63) is 81.8 Å². The van der Waals surface area contributed by atoms with Gasteiger partial charge in [0.15, 0.2) is 0 Å². The zero-order valence-corrected chi connectivity index (χ0v) is 24.6. The van der Waals surface area contributed by atoms with E-state index in [9.17, 15) is 22.9 Å². The number of ether oxygens (including phenoxy) is 1. The molecule has 0 aliphatic heterocycles. The molecule has 0 bridgehead atoms. The predicted molar refractivity (Wildman–Crippen MR) is 140 cm³/mol. The van der Waals surface area contributed by atoms with Crippen molar-refractivity contribution >= 4 is 67.1 Å². The normalized spacial score (nSPS) is 11.4. The minimum atomic E-state index is -4.57. The van der Waals surface area contributed by atoms with Crippen LogP contribution >= 0.6 is 23.2 Å². The molecular weight excluding hydrogens is 564 g/mol. The Balaban J connectivity index is 0.00000400. The van der Waals surface area contributed by atoms with Crippen LogP contribution < -0.4 is 44.7 Å². The van der Waals surface area contributed by atoms with E-state index in [1.807, 2.05) is 0 Å². The first-order valence-corrected chi connectivity index (χ1v) is 12.8. The van der Waals surface area contributed by atoms with Gasteiger partial charge in [-0.1, -0.05) is 53.2 Å². The summed E-state index contributed by atoms with van der Waals surface area (Å²) in [6.45, 7) is 1.57. The van der Waals surface area contributed by atoms with Crippen LogP contribution in [0, 0.1) is 6.92 Å². The molecule has 190 valence electrons. The number of carbonyl (C=O) groups excluding carboxylic acids is 1. The van der Waals surface area contributed by atoms with Gasteiger partial charge in [-0.3, -0.25) is 9.35 Å². The number of fused-ring (bicyclic) bond motifs is 1. The number of rotatable bonds is 6. The molecule has 4 aromatic carbocycles. The van der Waals surface area contributed by atoms with Crippen molar-refractivity contribution in [2.24, 2.45) is 10.2 Å². The molecule has 2 N–H and O–H groups in total. The Kier molecular flexibility index (Phi) is 9.43. The maximum Gasteiger partial charge on any atom is 1.00 e. The Bertz CT molecular complexity index is 1700. The van der Waals surface area contributed by atoms with Crippen molar-refractivity contribution in [3.63, 3.8) is 0 Å². The fourth-order valence-electron chi connectivity index (χ4n) is 3.53. The molecule has 0 saturated carbocycles. The monoisotopic (exact) mass is 581 g/mol. The minimum Gasteiger partial charge on any atom is -0.870 e. The number of nitrogens with one attached hydrogen (secondary N) is 1. The van der Waals surface area contributed by atoms with Gasteiger partial charge in [0, 0.05) is 32.7 Å². The topological polar surface area (TPSA) is 140 Å². The molecule has 0 aromatic heterocycles. The number of azo groups is 1. The second-order valence-electron chi connectivity index (χ2n) is 7.88. The molecule has 0 fully saturated rings. The van der Waals surface area contributed by atoms with Crippen LogP contribution in [0.15, 0.2) is 75.8 Å². The van der Waals surface area contributed by atoms with E-state index in [2.05, 4.69) is 15.5 Å². The molecular formula is C25H18Cl2N3NaO6S. The van der Waals surface area contributed by atoms with Crippen molar-refractivity contribution < 1.29 is 57.2 Å². The van der Waals surface area contributed by atoms with Crippen LogP contribution in [0.2, 0.25) is 10.0 Å². The third-order valence-corrected chi connectivity index (χ3v) is 6.87. The molecule has 1 amide bonds. The summed E-state index contributed by atoms with van der Waals surface area (Å²) in [6.07, 6.45) is 0. The van der Waals surface area contributed by atoms with E-state index in [0.29, 0.717) is 32.8 Å². The van der Waals surface area contributed by atoms with Gasteiger partial charge in [-0.05, 0) is 48.2 Å². The van der Waals surface area contributed by atoms with Crippen LogP contribution in [-0.4, -0.2) is 26.0 Å². The summed E-state index contributed by atoms with van der Waals surface area (Å²) in [7, 11) is -3.11. The average molecular weight is 582 g/mol. The Morgan fingerprint density at radius 1 is 1.05 bits per heavy atom. The van der Waals surface area contributed by atoms with E-state index in [-0.39, 0.29) is 51.5 Å². The molecule has 0 radical (unpaired) electrons. The second kappa shape index (κ2) is 12.0. The van der Waals surface area contributed by atoms with Gasteiger partial charge in [0.25, 0.3) is 16.0 Å². The average Bonchev–Trinajstić information content (AvgIpc) is 2.84. The van der Waals surface area contributed by atoms with Crippen molar-refractivity contribution in [3.8, 4) is 11.5 Å². The summed E-state index contributed by atoms with van der Waals surface area (Å²) in [5.74, 6) is -0.993. The van der Waals surface area contributed by atoms with Gasteiger partial charge in [-0.2, -0.15) is 18.6 Å². The summed E-state index contributed by atoms with van der Waals surface area (Å²) < 4.78 is 37.7. The van der Waals surface area contributed by atoms with Crippen LogP contribution in [0.1, 0.15) is 15.9 Å². The van der Waals surface area contributed by atoms with E-state index in [1.54, 1.807) is 43.3 Å². The maximum atomic E-state index is 13.4. The zero-order valence-electron chi connectivity index (χ0n) is 20.3. The molecule has 4 aromatic rings. The number of anilines is 1. The van der Waals surface area contributed by atoms with E-state index in [0.717, 1.165) is 12.1 Å². The van der Waals surface area contributed by atoms with Crippen molar-refractivity contribution in [1.82, 2.24) is 0 Å². The van der Waals surface area contributed by atoms with Crippen LogP contribution in [0.5, 0.6) is 11.5 Å². The number of benzene rings is 4. The van der Waals surface area contributed by atoms with E-state index < -0.39 is 26.7 Å². The van der Waals surface area contributed by atoms with Crippen molar-refractivity contribution in [2.75, 3.05) is 12.4 Å². The smallest absolute Gasteiger partial charge is 0.870 e. The van der Waals surface area contributed by atoms with Gasteiger partial charge in [0.1, 0.15) is 5.75 Å². The first kappa shape index (κ1) is 29.9. The predicted octanol–water partition coefficient (Wildman–Crippen LogP) is 3.46. The number of halogens is 2. The first-order valence-electron chi connectivity index (χ1n) is 10.6. The molecule has 0 heterocycles. The Hall–Kier alpha value is -2.70. The zero-order chi connectivity index (χ0) is 26.9. The summed E-state index contributed by atoms with van der Waals surface area (Å²) in [5, 5.41) is 25.5. The number of hydrogen-bond acceptors (Lipinski definition) is 7. The summed E-state index contributed by atoms with van der Waals surface area (Å²) in [5.41, 5.74) is 0.368. The molecule has 0 aliphatic rings. The van der Waals surface area contributed by atoms with Crippen molar-refractivity contribution in [1.29, 1.82) is 0 Å². The minimum absolute atomic E-state index is 0. The maximum absolute atomic E-state index is 13.4. The molecule has 0 unspecified atom stereocenters. The first-order chi connectivity index (χ1) is 17.5. The molecule has 9 nitrogen and oxygen atoms in total. The number of carbonyl (C=O) groups is 1. The summed E-state index contributed by atoms with van der Waals surface area (Å²) in [6, 6.07) is 15.0.